The van der Waals surface area contributed by atoms with Crippen molar-refractivity contribution in [1.82, 2.24) is 5.32 Å². The highest BCUT2D eigenvalue weighted by Crippen LogP contribution is 2.24. The molecule has 0 aliphatic rings. The molecule has 0 fully saturated rings. The van der Waals surface area contributed by atoms with E-state index in [-0.39, 0.29) is 6.10 Å². The summed E-state index contributed by atoms with van der Waals surface area (Å²) < 4.78 is 5.76. The first kappa shape index (κ1) is 16.0. The van der Waals surface area contributed by atoms with Crippen molar-refractivity contribution < 1.29 is 4.74 Å². The van der Waals surface area contributed by atoms with Crippen LogP contribution in [-0.2, 0) is 0 Å². The van der Waals surface area contributed by atoms with E-state index in [2.05, 4.69) is 51.2 Å². The second-order valence-electron chi connectivity index (χ2n) is 5.91. The maximum Gasteiger partial charge on any atom is 0.120 e. The Hall–Kier alpha value is -1.02. The van der Waals surface area contributed by atoms with E-state index in [1.165, 1.54) is 24.8 Å². The maximum absolute atomic E-state index is 5.76. The highest BCUT2D eigenvalue weighted by atomic mass is 16.5. The van der Waals surface area contributed by atoms with Gasteiger partial charge in [0.1, 0.15) is 5.75 Å². The average molecular weight is 263 g/mol. The van der Waals surface area contributed by atoms with Gasteiger partial charge in [0.05, 0.1) is 6.10 Å². The van der Waals surface area contributed by atoms with E-state index in [0.29, 0.717) is 6.04 Å². The van der Waals surface area contributed by atoms with E-state index >= 15 is 0 Å². The zero-order valence-corrected chi connectivity index (χ0v) is 13.1. The van der Waals surface area contributed by atoms with Crippen molar-refractivity contribution in [1.29, 1.82) is 0 Å². The van der Waals surface area contributed by atoms with Gasteiger partial charge in [-0.3, -0.25) is 0 Å². The zero-order chi connectivity index (χ0) is 14.3. The van der Waals surface area contributed by atoms with Gasteiger partial charge in [0.15, 0.2) is 0 Å². The van der Waals surface area contributed by atoms with E-state index in [1.54, 1.807) is 0 Å². The Morgan fingerprint density at radius 1 is 1.11 bits per heavy atom. The standard InChI is InChI=1S/C17H29NO/c1-13(2)8-6-11-17(18-5)15-9-7-10-16(12-15)19-14(3)4/h7,9-10,12-14,17-18H,6,8,11H2,1-5H3. The van der Waals surface area contributed by atoms with E-state index < -0.39 is 0 Å². The lowest BCUT2D eigenvalue weighted by Gasteiger charge is -2.19. The minimum Gasteiger partial charge on any atom is -0.491 e. The minimum absolute atomic E-state index is 0.226. The molecule has 0 heterocycles. The third-order valence-corrected chi connectivity index (χ3v) is 3.25. The molecule has 0 bridgehead atoms. The van der Waals surface area contributed by atoms with Crippen LogP contribution in [-0.4, -0.2) is 13.2 Å². The predicted molar refractivity (Wildman–Crippen MR) is 82.7 cm³/mol. The summed E-state index contributed by atoms with van der Waals surface area (Å²) in [4.78, 5) is 0. The van der Waals surface area contributed by atoms with Crippen molar-refractivity contribution in [3.05, 3.63) is 29.8 Å². The Morgan fingerprint density at radius 2 is 1.84 bits per heavy atom. The molecule has 2 heteroatoms. The molecule has 0 spiro atoms. The molecule has 0 amide bonds. The van der Waals surface area contributed by atoms with Gasteiger partial charge in [0, 0.05) is 6.04 Å². The Morgan fingerprint density at radius 3 is 2.42 bits per heavy atom. The number of hydrogen-bond donors (Lipinski definition) is 1. The number of benzene rings is 1. The monoisotopic (exact) mass is 263 g/mol. The molecular weight excluding hydrogens is 234 g/mol. The fourth-order valence-corrected chi connectivity index (χ4v) is 2.28. The summed E-state index contributed by atoms with van der Waals surface area (Å²) in [6.45, 7) is 8.69. The molecule has 0 aromatic heterocycles. The van der Waals surface area contributed by atoms with Crippen molar-refractivity contribution >= 4 is 0 Å². The molecule has 0 aliphatic carbocycles. The SMILES string of the molecule is CNC(CCCC(C)C)c1cccc(OC(C)C)c1. The summed E-state index contributed by atoms with van der Waals surface area (Å²) in [5.74, 6) is 1.75. The summed E-state index contributed by atoms with van der Waals surface area (Å²) in [6.07, 6.45) is 3.96. The van der Waals surface area contributed by atoms with Gasteiger partial charge in [-0.1, -0.05) is 38.8 Å². The van der Waals surface area contributed by atoms with Crippen LogP contribution < -0.4 is 10.1 Å². The van der Waals surface area contributed by atoms with Crippen LogP contribution in [0.4, 0.5) is 0 Å². The number of hydrogen-bond acceptors (Lipinski definition) is 2. The van der Waals surface area contributed by atoms with Crippen molar-refractivity contribution in [3.8, 4) is 5.75 Å². The normalized spacial score (nSPS) is 13.0. The number of ether oxygens (including phenoxy) is 1. The lowest BCUT2D eigenvalue weighted by Crippen LogP contribution is -2.16. The molecule has 19 heavy (non-hydrogen) atoms. The highest BCUT2D eigenvalue weighted by molar-refractivity contribution is 5.30. The van der Waals surface area contributed by atoms with Crippen molar-refractivity contribution in [2.24, 2.45) is 5.92 Å². The van der Waals surface area contributed by atoms with Gasteiger partial charge < -0.3 is 10.1 Å². The second-order valence-corrected chi connectivity index (χ2v) is 5.91. The molecule has 0 aliphatic heterocycles. The lowest BCUT2D eigenvalue weighted by atomic mass is 9.98. The molecule has 1 unspecified atom stereocenters. The molecule has 0 radical (unpaired) electrons. The van der Waals surface area contributed by atoms with Gasteiger partial charge in [-0.15, -0.1) is 0 Å². The fourth-order valence-electron chi connectivity index (χ4n) is 2.28. The van der Waals surface area contributed by atoms with Gasteiger partial charge in [-0.05, 0) is 50.9 Å². The van der Waals surface area contributed by atoms with Crippen molar-refractivity contribution in [3.63, 3.8) is 0 Å². The second kappa shape index (κ2) is 8.21. The molecule has 0 saturated carbocycles. The smallest absolute Gasteiger partial charge is 0.120 e. The quantitative estimate of drug-likeness (QED) is 0.742. The summed E-state index contributed by atoms with van der Waals surface area (Å²) >= 11 is 0. The molecule has 1 rings (SSSR count). The Kier molecular flexibility index (Phi) is 6.93. The molecular formula is C17H29NO. The van der Waals surface area contributed by atoms with Crippen LogP contribution >= 0.6 is 0 Å². The van der Waals surface area contributed by atoms with Crippen LogP contribution in [0.5, 0.6) is 5.75 Å². The van der Waals surface area contributed by atoms with Gasteiger partial charge in [0.25, 0.3) is 0 Å². The topological polar surface area (TPSA) is 21.3 Å². The van der Waals surface area contributed by atoms with Gasteiger partial charge >= 0.3 is 0 Å². The van der Waals surface area contributed by atoms with Crippen LogP contribution in [0.15, 0.2) is 24.3 Å². The Labute approximate surface area is 118 Å². The van der Waals surface area contributed by atoms with Crippen molar-refractivity contribution in [2.75, 3.05) is 7.05 Å². The third-order valence-electron chi connectivity index (χ3n) is 3.25. The molecule has 1 N–H and O–H groups in total. The molecule has 1 aromatic carbocycles. The maximum atomic E-state index is 5.76. The first-order valence-corrected chi connectivity index (χ1v) is 7.46. The van der Waals surface area contributed by atoms with E-state index in [4.69, 9.17) is 4.74 Å². The van der Waals surface area contributed by atoms with E-state index in [1.807, 2.05) is 13.1 Å². The first-order chi connectivity index (χ1) is 9.02. The van der Waals surface area contributed by atoms with Crippen LogP contribution in [0.25, 0.3) is 0 Å². The number of rotatable bonds is 8. The Balaban J connectivity index is 2.64. The fraction of sp³-hybridized carbons (Fsp3) is 0.647. The van der Waals surface area contributed by atoms with E-state index in [9.17, 15) is 0 Å². The van der Waals surface area contributed by atoms with Crippen LogP contribution in [0.1, 0.15) is 58.6 Å². The van der Waals surface area contributed by atoms with Crippen LogP contribution in [0.3, 0.4) is 0 Å². The number of nitrogens with one attached hydrogen (secondary N) is 1. The van der Waals surface area contributed by atoms with Crippen LogP contribution in [0.2, 0.25) is 0 Å². The summed E-state index contributed by atoms with van der Waals surface area (Å²) in [6, 6.07) is 8.89. The van der Waals surface area contributed by atoms with Crippen molar-refractivity contribution in [2.45, 2.75) is 59.1 Å². The van der Waals surface area contributed by atoms with E-state index in [0.717, 1.165) is 11.7 Å². The molecule has 2 nitrogen and oxygen atoms in total. The highest BCUT2D eigenvalue weighted by Gasteiger charge is 2.10. The largest absolute Gasteiger partial charge is 0.491 e. The Bertz CT molecular complexity index is 360. The lowest BCUT2D eigenvalue weighted by molar-refractivity contribution is 0.242. The van der Waals surface area contributed by atoms with Gasteiger partial charge in [0.2, 0.25) is 0 Å². The third kappa shape index (κ3) is 6.11. The summed E-state index contributed by atoms with van der Waals surface area (Å²) in [7, 11) is 2.04. The average Bonchev–Trinajstić information content (AvgIpc) is 2.34. The van der Waals surface area contributed by atoms with Gasteiger partial charge in [-0.2, -0.15) is 0 Å². The van der Waals surface area contributed by atoms with Crippen LogP contribution in [0, 0.1) is 5.92 Å². The van der Waals surface area contributed by atoms with Gasteiger partial charge in [-0.25, -0.2) is 0 Å². The predicted octanol–water partition coefficient (Wildman–Crippen LogP) is 4.56. The zero-order valence-electron chi connectivity index (χ0n) is 13.1. The molecule has 108 valence electrons. The summed E-state index contributed by atoms with van der Waals surface area (Å²) in [5, 5.41) is 3.42. The minimum atomic E-state index is 0.226. The first-order valence-electron chi connectivity index (χ1n) is 7.46. The molecule has 0 saturated heterocycles. The summed E-state index contributed by atoms with van der Waals surface area (Å²) in [5.41, 5.74) is 1.32. The molecule has 1 aromatic rings. The molecule has 1 atom stereocenters.